The van der Waals surface area contributed by atoms with Gasteiger partial charge in [-0.05, 0) is 6.07 Å². The van der Waals surface area contributed by atoms with Gasteiger partial charge in [0.05, 0.1) is 4.92 Å². The Bertz CT molecular complexity index is 390. The lowest BCUT2D eigenvalue weighted by Gasteiger charge is -2.09. The zero-order valence-electron chi connectivity index (χ0n) is 6.99. The smallest absolute Gasteiger partial charge is 0.504 e. The normalized spacial score (nSPS) is 11.1. The molecule has 0 radical (unpaired) electrons. The SMILES string of the molecule is O=[N+]([O-])c1cccc(O)c1OC(F)(F)F. The molecular weight excluding hydrogens is 219 g/mol. The van der Waals surface area contributed by atoms with Crippen LogP contribution in [-0.4, -0.2) is 16.4 Å². The van der Waals surface area contributed by atoms with Gasteiger partial charge < -0.3 is 9.84 Å². The summed E-state index contributed by atoms with van der Waals surface area (Å²) in [6, 6.07) is 2.69. The third kappa shape index (κ3) is 2.73. The quantitative estimate of drug-likeness (QED) is 0.616. The van der Waals surface area contributed by atoms with Crippen LogP contribution >= 0.6 is 0 Å². The molecule has 0 heterocycles. The van der Waals surface area contributed by atoms with E-state index in [0.29, 0.717) is 0 Å². The number of halogens is 3. The van der Waals surface area contributed by atoms with Crippen LogP contribution < -0.4 is 4.74 Å². The Hall–Kier alpha value is -1.99. The molecule has 0 saturated heterocycles. The Morgan fingerprint density at radius 3 is 2.47 bits per heavy atom. The van der Waals surface area contributed by atoms with E-state index in [2.05, 4.69) is 4.74 Å². The average Bonchev–Trinajstić information content (AvgIpc) is 2.05. The number of hydrogen-bond donors (Lipinski definition) is 1. The fourth-order valence-corrected chi connectivity index (χ4v) is 0.877. The van der Waals surface area contributed by atoms with Crippen molar-refractivity contribution in [3.8, 4) is 11.5 Å². The molecule has 0 aliphatic heterocycles. The molecule has 1 aromatic carbocycles. The first-order valence-corrected chi connectivity index (χ1v) is 3.53. The van der Waals surface area contributed by atoms with Crippen LogP contribution in [-0.2, 0) is 0 Å². The van der Waals surface area contributed by atoms with Gasteiger partial charge in [0.2, 0.25) is 5.75 Å². The minimum Gasteiger partial charge on any atom is -0.504 e. The zero-order chi connectivity index (χ0) is 11.6. The zero-order valence-corrected chi connectivity index (χ0v) is 6.99. The minimum absolute atomic E-state index is 0.792. The molecule has 0 fully saturated rings. The van der Waals surface area contributed by atoms with Crippen molar-refractivity contribution in [2.45, 2.75) is 6.36 Å². The van der Waals surface area contributed by atoms with Crippen LogP contribution in [0.3, 0.4) is 0 Å². The number of phenolic OH excluding ortho intramolecular Hbond substituents is 1. The van der Waals surface area contributed by atoms with Gasteiger partial charge >= 0.3 is 12.0 Å². The lowest BCUT2D eigenvalue weighted by atomic mass is 10.3. The van der Waals surface area contributed by atoms with Gasteiger partial charge in [-0.25, -0.2) is 0 Å². The van der Waals surface area contributed by atoms with E-state index in [1.54, 1.807) is 0 Å². The maximum atomic E-state index is 11.8. The predicted molar refractivity (Wildman–Crippen MR) is 41.4 cm³/mol. The maximum absolute atomic E-state index is 11.8. The molecule has 5 nitrogen and oxygen atoms in total. The second kappa shape index (κ2) is 3.64. The molecule has 0 aromatic heterocycles. The molecule has 0 amide bonds. The Labute approximate surface area is 80.9 Å². The first-order valence-electron chi connectivity index (χ1n) is 3.53. The van der Waals surface area contributed by atoms with E-state index >= 15 is 0 Å². The monoisotopic (exact) mass is 223 g/mol. The summed E-state index contributed by atoms with van der Waals surface area (Å²) in [6.45, 7) is 0. The summed E-state index contributed by atoms with van der Waals surface area (Å²) in [5.41, 5.74) is -0.952. The van der Waals surface area contributed by atoms with Crippen molar-refractivity contribution in [2.75, 3.05) is 0 Å². The number of nitrogens with zero attached hydrogens (tertiary/aromatic N) is 1. The predicted octanol–water partition coefficient (Wildman–Crippen LogP) is 2.20. The number of phenols is 1. The lowest BCUT2D eigenvalue weighted by molar-refractivity contribution is -0.388. The highest BCUT2D eigenvalue weighted by atomic mass is 19.4. The number of hydrogen-bond acceptors (Lipinski definition) is 4. The summed E-state index contributed by atoms with van der Waals surface area (Å²) in [5, 5.41) is 19.3. The maximum Gasteiger partial charge on any atom is 0.573 e. The molecule has 15 heavy (non-hydrogen) atoms. The number of nitro groups is 1. The van der Waals surface area contributed by atoms with Gasteiger partial charge in [-0.1, -0.05) is 6.07 Å². The summed E-state index contributed by atoms with van der Waals surface area (Å²) in [4.78, 5) is 9.22. The summed E-state index contributed by atoms with van der Waals surface area (Å²) in [6.07, 6.45) is -5.09. The molecular formula is C7H4F3NO4. The van der Waals surface area contributed by atoms with Gasteiger partial charge in [0.15, 0.2) is 5.75 Å². The molecule has 1 rings (SSSR count). The largest absolute Gasteiger partial charge is 0.573 e. The Morgan fingerprint density at radius 1 is 1.40 bits per heavy atom. The number of aromatic hydroxyl groups is 1. The van der Waals surface area contributed by atoms with Gasteiger partial charge in [-0.2, -0.15) is 0 Å². The van der Waals surface area contributed by atoms with Crippen LogP contribution in [0.5, 0.6) is 11.5 Å². The molecule has 0 unspecified atom stereocenters. The van der Waals surface area contributed by atoms with E-state index in [-0.39, 0.29) is 0 Å². The average molecular weight is 223 g/mol. The first-order chi connectivity index (χ1) is 6.81. The summed E-state index contributed by atoms with van der Waals surface area (Å²) in [7, 11) is 0. The molecule has 1 aromatic rings. The molecule has 1 N–H and O–H groups in total. The van der Waals surface area contributed by atoms with Gasteiger partial charge in [-0.3, -0.25) is 10.1 Å². The Balaban J connectivity index is 3.19. The van der Waals surface area contributed by atoms with Crippen molar-refractivity contribution in [2.24, 2.45) is 0 Å². The molecule has 82 valence electrons. The fraction of sp³-hybridized carbons (Fsp3) is 0.143. The standard InChI is InChI=1S/C7H4F3NO4/c8-7(9,10)15-6-4(11(13)14)2-1-3-5(6)12/h1-3,12H. The molecule has 0 bridgehead atoms. The van der Waals surface area contributed by atoms with Crippen molar-refractivity contribution in [1.82, 2.24) is 0 Å². The van der Waals surface area contributed by atoms with E-state index in [4.69, 9.17) is 5.11 Å². The molecule has 0 aliphatic carbocycles. The number of alkyl halides is 3. The Morgan fingerprint density at radius 2 is 2.00 bits per heavy atom. The number of rotatable bonds is 2. The molecule has 0 saturated carbocycles. The summed E-state index contributed by atoms with van der Waals surface area (Å²) in [5.74, 6) is -2.16. The van der Waals surface area contributed by atoms with Crippen molar-refractivity contribution in [3.05, 3.63) is 28.3 Å². The molecule has 0 atom stereocenters. The lowest BCUT2D eigenvalue weighted by Crippen LogP contribution is -2.18. The van der Waals surface area contributed by atoms with Crippen LogP contribution in [0.2, 0.25) is 0 Å². The second-order valence-electron chi connectivity index (χ2n) is 2.43. The third-order valence-electron chi connectivity index (χ3n) is 1.39. The first kappa shape index (κ1) is 11.1. The van der Waals surface area contributed by atoms with Crippen LogP contribution in [0.15, 0.2) is 18.2 Å². The van der Waals surface area contributed by atoms with Gasteiger partial charge in [0.1, 0.15) is 0 Å². The van der Waals surface area contributed by atoms with Crippen LogP contribution in [0.1, 0.15) is 0 Å². The van der Waals surface area contributed by atoms with E-state index in [1.807, 2.05) is 0 Å². The number of benzene rings is 1. The van der Waals surface area contributed by atoms with Gasteiger partial charge in [-0.15, -0.1) is 13.2 Å². The summed E-state index contributed by atoms with van der Waals surface area (Å²) < 4.78 is 38.8. The molecule has 0 spiro atoms. The fourth-order valence-electron chi connectivity index (χ4n) is 0.877. The van der Waals surface area contributed by atoms with Gasteiger partial charge in [0, 0.05) is 6.07 Å². The molecule has 0 aliphatic rings. The second-order valence-corrected chi connectivity index (χ2v) is 2.43. The highest BCUT2D eigenvalue weighted by Crippen LogP contribution is 2.38. The van der Waals surface area contributed by atoms with Crippen LogP contribution in [0.25, 0.3) is 0 Å². The number of ether oxygens (including phenoxy) is 1. The van der Waals surface area contributed by atoms with E-state index < -0.39 is 28.5 Å². The van der Waals surface area contributed by atoms with E-state index in [0.717, 1.165) is 18.2 Å². The van der Waals surface area contributed by atoms with Crippen molar-refractivity contribution in [1.29, 1.82) is 0 Å². The minimum atomic E-state index is -5.09. The highest BCUT2D eigenvalue weighted by Gasteiger charge is 2.36. The third-order valence-corrected chi connectivity index (χ3v) is 1.39. The van der Waals surface area contributed by atoms with E-state index in [1.165, 1.54) is 0 Å². The summed E-state index contributed by atoms with van der Waals surface area (Å²) >= 11 is 0. The van der Waals surface area contributed by atoms with E-state index in [9.17, 15) is 23.3 Å². The number of para-hydroxylation sites is 1. The highest BCUT2D eigenvalue weighted by molar-refractivity contribution is 5.54. The topological polar surface area (TPSA) is 72.6 Å². The van der Waals surface area contributed by atoms with Crippen molar-refractivity contribution in [3.63, 3.8) is 0 Å². The van der Waals surface area contributed by atoms with Crippen LogP contribution in [0.4, 0.5) is 18.9 Å². The van der Waals surface area contributed by atoms with Gasteiger partial charge in [0.25, 0.3) is 0 Å². The molecule has 8 heteroatoms. The number of nitro benzene ring substituents is 1. The Kier molecular flexibility index (Phi) is 2.69. The van der Waals surface area contributed by atoms with Crippen molar-refractivity contribution >= 4 is 5.69 Å². The van der Waals surface area contributed by atoms with Crippen LogP contribution in [0, 0.1) is 10.1 Å². The van der Waals surface area contributed by atoms with Crippen molar-refractivity contribution < 1.29 is 27.9 Å².